The lowest BCUT2D eigenvalue weighted by atomic mass is 9.97. The van der Waals surface area contributed by atoms with Crippen LogP contribution in [0, 0.1) is 11.7 Å². The van der Waals surface area contributed by atoms with Crippen LogP contribution >= 0.6 is 0 Å². The number of hydrogen-bond donors (Lipinski definition) is 2. The van der Waals surface area contributed by atoms with Crippen LogP contribution in [0.5, 0.6) is 5.75 Å². The van der Waals surface area contributed by atoms with E-state index in [0.29, 0.717) is 18.0 Å². The van der Waals surface area contributed by atoms with Crippen LogP contribution in [0.3, 0.4) is 0 Å². The molecule has 180 valence electrons. The second-order valence-electron chi connectivity index (χ2n) is 7.98. The predicted octanol–water partition coefficient (Wildman–Crippen LogP) is 2.76. The third-order valence-electron chi connectivity index (χ3n) is 5.33. The average molecular weight is 470 g/mol. The number of nitrogens with zero attached hydrogens (tertiary/aromatic N) is 4. The van der Waals surface area contributed by atoms with E-state index in [1.165, 1.54) is 29.4 Å². The normalized spacial score (nSPS) is 15.3. The van der Waals surface area contributed by atoms with Crippen LogP contribution in [0.1, 0.15) is 18.4 Å². The van der Waals surface area contributed by atoms with E-state index in [9.17, 15) is 18.0 Å². The molecule has 0 atom stereocenters. The number of nitrogens with two attached hydrogens (primary N) is 1. The molecule has 1 fully saturated rings. The monoisotopic (exact) mass is 470 g/mol. The van der Waals surface area contributed by atoms with Crippen LogP contribution < -0.4 is 20.7 Å². The number of aromatic nitrogens is 2. The van der Waals surface area contributed by atoms with E-state index < -0.39 is 12.2 Å². The topological polar surface area (TPSA) is 96.6 Å². The molecule has 0 aliphatic carbocycles. The highest BCUT2D eigenvalue weighted by Gasteiger charge is 2.31. The number of ether oxygens (including phenoxy) is 1. The summed E-state index contributed by atoms with van der Waals surface area (Å²) in [6, 6.07) is 5.49. The van der Waals surface area contributed by atoms with Gasteiger partial charge in [0.25, 0.3) is 0 Å². The lowest BCUT2D eigenvalue weighted by Gasteiger charge is -2.31. The van der Waals surface area contributed by atoms with Gasteiger partial charge in [-0.15, -0.1) is 13.2 Å². The molecule has 1 saturated heterocycles. The van der Waals surface area contributed by atoms with E-state index >= 15 is 4.39 Å². The number of benzene rings is 1. The Kier molecular flexibility index (Phi) is 7.90. The SMILES string of the molecule is CN(Cc1cccc(OC(F)(F)F)c1)c1ncnc(NCC2CCN(CC(N)=O)CC2)c1F. The number of likely N-dealkylation sites (tertiary alicyclic amines) is 1. The number of amides is 1. The van der Waals surface area contributed by atoms with Crippen molar-refractivity contribution in [3.05, 3.63) is 42.0 Å². The molecule has 0 unspecified atom stereocenters. The number of nitrogens with one attached hydrogen (secondary N) is 1. The molecule has 0 bridgehead atoms. The van der Waals surface area contributed by atoms with Gasteiger partial charge in [0.05, 0.1) is 6.54 Å². The molecule has 0 radical (unpaired) electrons. The van der Waals surface area contributed by atoms with E-state index in [1.54, 1.807) is 13.1 Å². The number of piperidine rings is 1. The summed E-state index contributed by atoms with van der Waals surface area (Å²) in [5.74, 6) is -0.979. The molecule has 12 heteroatoms. The highest BCUT2D eigenvalue weighted by Crippen LogP contribution is 2.26. The molecule has 1 amide bonds. The highest BCUT2D eigenvalue weighted by atomic mass is 19.4. The molecule has 1 aliphatic heterocycles. The van der Waals surface area contributed by atoms with Crippen molar-refractivity contribution in [2.75, 3.05) is 43.4 Å². The fourth-order valence-electron chi connectivity index (χ4n) is 3.75. The maximum atomic E-state index is 15.0. The van der Waals surface area contributed by atoms with Gasteiger partial charge in [-0.3, -0.25) is 9.69 Å². The van der Waals surface area contributed by atoms with Gasteiger partial charge in [-0.25, -0.2) is 9.97 Å². The number of primary amides is 1. The Labute approximate surface area is 188 Å². The predicted molar refractivity (Wildman–Crippen MR) is 114 cm³/mol. The summed E-state index contributed by atoms with van der Waals surface area (Å²) >= 11 is 0. The van der Waals surface area contributed by atoms with Crippen LogP contribution in [-0.2, 0) is 11.3 Å². The van der Waals surface area contributed by atoms with Crippen molar-refractivity contribution in [3.8, 4) is 5.75 Å². The molecular formula is C21H26F4N6O2. The molecule has 33 heavy (non-hydrogen) atoms. The molecule has 1 aromatic heterocycles. The molecule has 3 N–H and O–H groups in total. The van der Waals surface area contributed by atoms with Gasteiger partial charge in [-0.05, 0) is 49.5 Å². The van der Waals surface area contributed by atoms with Gasteiger partial charge in [0, 0.05) is 20.1 Å². The molecule has 1 aliphatic rings. The summed E-state index contributed by atoms with van der Waals surface area (Å²) in [5.41, 5.74) is 5.72. The van der Waals surface area contributed by atoms with E-state index in [-0.39, 0.29) is 36.4 Å². The van der Waals surface area contributed by atoms with Crippen molar-refractivity contribution in [2.24, 2.45) is 11.7 Å². The van der Waals surface area contributed by atoms with Crippen LogP contribution in [0.2, 0.25) is 0 Å². The van der Waals surface area contributed by atoms with Crippen LogP contribution in [0.15, 0.2) is 30.6 Å². The Morgan fingerprint density at radius 3 is 2.70 bits per heavy atom. The Morgan fingerprint density at radius 1 is 1.30 bits per heavy atom. The summed E-state index contributed by atoms with van der Waals surface area (Å²) in [6.07, 6.45) is -1.87. The minimum Gasteiger partial charge on any atom is -0.406 e. The van der Waals surface area contributed by atoms with E-state index in [1.807, 2.05) is 4.90 Å². The summed E-state index contributed by atoms with van der Waals surface area (Å²) < 4.78 is 56.3. The first kappa shape index (κ1) is 24.5. The molecule has 0 spiro atoms. The molecule has 2 heterocycles. The maximum Gasteiger partial charge on any atom is 0.573 e. The standard InChI is InChI=1S/C21H26F4N6O2/c1-30(11-15-3-2-4-16(9-15)33-21(23,24)25)20-18(22)19(28-13-29-20)27-10-14-5-7-31(8-6-14)12-17(26)32/h2-4,9,13-14H,5-8,10-12H2,1H3,(H2,26,32)(H,27,28,29). The Balaban J connectivity index is 1.58. The summed E-state index contributed by atoms with van der Waals surface area (Å²) in [7, 11) is 1.58. The Hall–Kier alpha value is -3.15. The zero-order chi connectivity index (χ0) is 24.0. The first-order valence-electron chi connectivity index (χ1n) is 10.4. The number of carbonyl (C=O) groups is 1. The van der Waals surface area contributed by atoms with E-state index in [4.69, 9.17) is 5.73 Å². The lowest BCUT2D eigenvalue weighted by Crippen LogP contribution is -2.40. The van der Waals surface area contributed by atoms with Crippen molar-refractivity contribution in [2.45, 2.75) is 25.7 Å². The molecule has 1 aromatic carbocycles. The fourth-order valence-corrected chi connectivity index (χ4v) is 3.75. The number of alkyl halides is 3. The first-order chi connectivity index (χ1) is 15.6. The number of carbonyl (C=O) groups excluding carboxylic acids is 1. The van der Waals surface area contributed by atoms with Gasteiger partial charge in [-0.2, -0.15) is 4.39 Å². The molecule has 2 aromatic rings. The highest BCUT2D eigenvalue weighted by molar-refractivity contribution is 5.75. The quantitative estimate of drug-likeness (QED) is 0.544. The van der Waals surface area contributed by atoms with E-state index in [0.717, 1.165) is 25.9 Å². The zero-order valence-corrected chi connectivity index (χ0v) is 18.1. The second-order valence-corrected chi connectivity index (χ2v) is 7.98. The van der Waals surface area contributed by atoms with Crippen molar-refractivity contribution >= 4 is 17.5 Å². The van der Waals surface area contributed by atoms with Gasteiger partial charge >= 0.3 is 6.36 Å². The lowest BCUT2D eigenvalue weighted by molar-refractivity contribution is -0.274. The summed E-state index contributed by atoms with van der Waals surface area (Å²) in [6.45, 7) is 2.35. The Bertz CT molecular complexity index is 951. The largest absolute Gasteiger partial charge is 0.573 e. The summed E-state index contributed by atoms with van der Waals surface area (Å²) in [5, 5.41) is 3.02. The van der Waals surface area contributed by atoms with Gasteiger partial charge < -0.3 is 20.7 Å². The van der Waals surface area contributed by atoms with Crippen molar-refractivity contribution < 1.29 is 27.1 Å². The zero-order valence-electron chi connectivity index (χ0n) is 18.1. The van der Waals surface area contributed by atoms with Crippen LogP contribution in [0.25, 0.3) is 0 Å². The number of hydrogen-bond acceptors (Lipinski definition) is 7. The van der Waals surface area contributed by atoms with Gasteiger partial charge in [0.15, 0.2) is 11.6 Å². The van der Waals surface area contributed by atoms with Crippen LogP contribution in [-0.4, -0.2) is 60.4 Å². The van der Waals surface area contributed by atoms with Gasteiger partial charge in [0.2, 0.25) is 11.7 Å². The van der Waals surface area contributed by atoms with Gasteiger partial charge in [0.1, 0.15) is 12.1 Å². The number of rotatable bonds is 9. The van der Waals surface area contributed by atoms with Crippen LogP contribution in [0.4, 0.5) is 29.2 Å². The molecule has 3 rings (SSSR count). The minimum atomic E-state index is -4.79. The van der Waals surface area contributed by atoms with Crippen molar-refractivity contribution in [1.29, 1.82) is 0 Å². The molecule has 8 nitrogen and oxygen atoms in total. The smallest absolute Gasteiger partial charge is 0.406 e. The maximum absolute atomic E-state index is 15.0. The first-order valence-corrected chi connectivity index (χ1v) is 10.4. The molecule has 0 saturated carbocycles. The van der Waals surface area contributed by atoms with Gasteiger partial charge in [-0.1, -0.05) is 12.1 Å². The summed E-state index contributed by atoms with van der Waals surface area (Å²) in [4.78, 5) is 22.5. The number of halogens is 4. The van der Waals surface area contributed by atoms with Crippen molar-refractivity contribution in [3.63, 3.8) is 0 Å². The van der Waals surface area contributed by atoms with E-state index in [2.05, 4.69) is 20.0 Å². The number of anilines is 2. The third kappa shape index (κ3) is 7.45. The third-order valence-corrected chi connectivity index (χ3v) is 5.33. The Morgan fingerprint density at radius 2 is 2.03 bits per heavy atom. The minimum absolute atomic E-state index is 0.0194. The second kappa shape index (κ2) is 10.6. The molecular weight excluding hydrogens is 444 g/mol. The average Bonchev–Trinajstić information content (AvgIpc) is 2.72. The van der Waals surface area contributed by atoms with Crippen molar-refractivity contribution in [1.82, 2.24) is 14.9 Å². The fraction of sp³-hybridized carbons (Fsp3) is 0.476.